The highest BCUT2D eigenvalue weighted by atomic mass is 16.6. The van der Waals surface area contributed by atoms with Crippen LogP contribution in [-0.2, 0) is 9.53 Å². The van der Waals surface area contributed by atoms with E-state index in [9.17, 15) is 4.79 Å². The van der Waals surface area contributed by atoms with Gasteiger partial charge in [0.05, 0.1) is 6.61 Å². The van der Waals surface area contributed by atoms with E-state index in [0.717, 1.165) is 0 Å². The second kappa shape index (κ2) is 3.90. The molecular weight excluding hydrogens is 196 g/mol. The summed E-state index contributed by atoms with van der Waals surface area (Å²) in [6.07, 6.45) is -0.792. The zero-order valence-electron chi connectivity index (χ0n) is 8.34. The van der Waals surface area contributed by atoms with Crippen LogP contribution in [0.5, 0.6) is 11.5 Å². The number of carbonyl (C=O) groups excluding carboxylic acids is 1. The number of ketones is 1. The van der Waals surface area contributed by atoms with Crippen molar-refractivity contribution < 1.29 is 19.4 Å². The third-order valence-corrected chi connectivity index (χ3v) is 2.20. The third-order valence-electron chi connectivity index (χ3n) is 2.20. The summed E-state index contributed by atoms with van der Waals surface area (Å²) in [7, 11) is 0. The molecule has 1 N–H and O–H groups in total. The molecule has 0 saturated carbocycles. The Hall–Kier alpha value is -1.55. The molecule has 2 unspecified atom stereocenters. The molecule has 1 fully saturated rings. The van der Waals surface area contributed by atoms with Crippen LogP contribution in [0, 0.1) is 0 Å². The first-order valence-electron chi connectivity index (χ1n) is 4.78. The number of Topliss-reactive ketones (excluding diaryl/α,β-unsaturated/α-hetero) is 1. The molecule has 2 atom stereocenters. The lowest BCUT2D eigenvalue weighted by Crippen LogP contribution is -2.27. The highest BCUT2D eigenvalue weighted by molar-refractivity contribution is 5.89. The number of benzene rings is 1. The van der Waals surface area contributed by atoms with Gasteiger partial charge in [0.1, 0.15) is 17.6 Å². The zero-order valence-corrected chi connectivity index (χ0v) is 8.34. The van der Waals surface area contributed by atoms with Crippen molar-refractivity contribution >= 4 is 5.78 Å². The number of hydrogen-bond acceptors (Lipinski definition) is 4. The predicted molar refractivity (Wildman–Crippen MR) is 52.9 cm³/mol. The molecule has 1 saturated heterocycles. The Bertz CT molecular complexity index is 353. The standard InChI is InChI=1S/C11H12O4/c1-7(11(13)10-6-14-10)15-9-4-2-8(12)3-5-9/h2-5,7,10,12H,6H2,1H3. The molecule has 0 aliphatic carbocycles. The van der Waals surface area contributed by atoms with Crippen molar-refractivity contribution in [3.8, 4) is 11.5 Å². The Kier molecular flexibility index (Phi) is 2.60. The van der Waals surface area contributed by atoms with Crippen molar-refractivity contribution in [1.29, 1.82) is 0 Å². The normalized spacial score (nSPS) is 20.7. The lowest BCUT2D eigenvalue weighted by molar-refractivity contribution is -0.126. The minimum atomic E-state index is -0.512. The molecule has 1 aromatic carbocycles. The molecule has 4 heteroatoms. The van der Waals surface area contributed by atoms with E-state index in [-0.39, 0.29) is 17.6 Å². The van der Waals surface area contributed by atoms with Gasteiger partial charge in [-0.15, -0.1) is 0 Å². The molecule has 0 spiro atoms. The van der Waals surface area contributed by atoms with E-state index in [1.54, 1.807) is 19.1 Å². The monoisotopic (exact) mass is 208 g/mol. The van der Waals surface area contributed by atoms with Gasteiger partial charge >= 0.3 is 0 Å². The lowest BCUT2D eigenvalue weighted by Gasteiger charge is -2.12. The van der Waals surface area contributed by atoms with Crippen molar-refractivity contribution in [2.24, 2.45) is 0 Å². The minimum Gasteiger partial charge on any atom is -0.508 e. The fourth-order valence-electron chi connectivity index (χ4n) is 1.26. The number of epoxide rings is 1. The molecule has 80 valence electrons. The van der Waals surface area contributed by atoms with E-state index in [0.29, 0.717) is 12.4 Å². The first kappa shape index (κ1) is 9.98. The molecule has 15 heavy (non-hydrogen) atoms. The van der Waals surface area contributed by atoms with Gasteiger partial charge in [0.25, 0.3) is 0 Å². The van der Waals surface area contributed by atoms with Gasteiger partial charge in [-0.25, -0.2) is 0 Å². The largest absolute Gasteiger partial charge is 0.508 e. The molecule has 4 nitrogen and oxygen atoms in total. The van der Waals surface area contributed by atoms with Gasteiger partial charge in [-0.2, -0.15) is 0 Å². The summed E-state index contributed by atoms with van der Waals surface area (Å²) in [4.78, 5) is 11.5. The summed E-state index contributed by atoms with van der Waals surface area (Å²) in [5.41, 5.74) is 0. The summed E-state index contributed by atoms with van der Waals surface area (Å²) in [6, 6.07) is 6.26. The van der Waals surface area contributed by atoms with E-state index in [2.05, 4.69) is 0 Å². The van der Waals surface area contributed by atoms with Gasteiger partial charge in [0, 0.05) is 0 Å². The maximum atomic E-state index is 11.5. The molecule has 0 amide bonds. The predicted octanol–water partition coefficient (Wildman–Crippen LogP) is 1.13. The van der Waals surface area contributed by atoms with E-state index in [4.69, 9.17) is 14.6 Å². The molecule has 1 heterocycles. The molecule has 1 aliphatic heterocycles. The summed E-state index contributed by atoms with van der Waals surface area (Å²) < 4.78 is 10.3. The maximum absolute atomic E-state index is 11.5. The Morgan fingerprint density at radius 3 is 2.67 bits per heavy atom. The van der Waals surface area contributed by atoms with E-state index in [1.165, 1.54) is 12.1 Å². The summed E-state index contributed by atoms with van der Waals surface area (Å²) in [5, 5.41) is 9.06. The average Bonchev–Trinajstić information content (AvgIpc) is 3.04. The second-order valence-electron chi connectivity index (χ2n) is 3.48. The van der Waals surface area contributed by atoms with Crippen LogP contribution in [0.1, 0.15) is 6.92 Å². The molecule has 0 bridgehead atoms. The SMILES string of the molecule is CC(Oc1ccc(O)cc1)C(=O)C1CO1. The van der Waals surface area contributed by atoms with E-state index >= 15 is 0 Å². The van der Waals surface area contributed by atoms with Crippen molar-refractivity contribution in [2.75, 3.05) is 6.61 Å². The number of rotatable bonds is 4. The molecule has 1 aromatic rings. The van der Waals surface area contributed by atoms with Crippen LogP contribution in [0.2, 0.25) is 0 Å². The number of aromatic hydroxyl groups is 1. The topological polar surface area (TPSA) is 59.1 Å². The number of phenolic OH excluding ortho intramolecular Hbond substituents is 1. The van der Waals surface area contributed by atoms with Crippen LogP contribution in [0.15, 0.2) is 24.3 Å². The van der Waals surface area contributed by atoms with Gasteiger partial charge in [0.15, 0.2) is 6.10 Å². The molecule has 0 aromatic heterocycles. The highest BCUT2D eigenvalue weighted by Gasteiger charge is 2.35. The fraction of sp³-hybridized carbons (Fsp3) is 0.364. The van der Waals surface area contributed by atoms with Crippen LogP contribution in [0.3, 0.4) is 0 Å². The van der Waals surface area contributed by atoms with Crippen LogP contribution < -0.4 is 4.74 Å². The van der Waals surface area contributed by atoms with Crippen molar-refractivity contribution in [3.05, 3.63) is 24.3 Å². The number of hydrogen-bond donors (Lipinski definition) is 1. The third kappa shape index (κ3) is 2.47. The number of ether oxygens (including phenoxy) is 2. The summed E-state index contributed by atoms with van der Waals surface area (Å²) >= 11 is 0. The van der Waals surface area contributed by atoms with E-state index in [1.807, 2.05) is 0 Å². The fourth-order valence-corrected chi connectivity index (χ4v) is 1.26. The van der Waals surface area contributed by atoms with Crippen LogP contribution in [0.4, 0.5) is 0 Å². The van der Waals surface area contributed by atoms with Gasteiger partial charge in [-0.1, -0.05) is 0 Å². The Labute approximate surface area is 87.4 Å². The van der Waals surface area contributed by atoms with Gasteiger partial charge in [-0.05, 0) is 31.2 Å². The average molecular weight is 208 g/mol. The molecular formula is C11H12O4. The zero-order chi connectivity index (χ0) is 10.8. The van der Waals surface area contributed by atoms with Gasteiger partial charge < -0.3 is 14.6 Å². The van der Waals surface area contributed by atoms with Crippen LogP contribution in [-0.4, -0.2) is 29.7 Å². The van der Waals surface area contributed by atoms with Gasteiger partial charge in [0.2, 0.25) is 5.78 Å². The first-order chi connectivity index (χ1) is 7.16. The van der Waals surface area contributed by atoms with Gasteiger partial charge in [-0.3, -0.25) is 4.79 Å². The maximum Gasteiger partial charge on any atom is 0.203 e. The van der Waals surface area contributed by atoms with Crippen LogP contribution in [0.25, 0.3) is 0 Å². The van der Waals surface area contributed by atoms with Crippen molar-refractivity contribution in [2.45, 2.75) is 19.1 Å². The van der Waals surface area contributed by atoms with Crippen molar-refractivity contribution in [3.63, 3.8) is 0 Å². The number of carbonyl (C=O) groups is 1. The highest BCUT2D eigenvalue weighted by Crippen LogP contribution is 2.19. The lowest BCUT2D eigenvalue weighted by atomic mass is 10.2. The number of phenols is 1. The quantitative estimate of drug-likeness (QED) is 0.753. The Balaban J connectivity index is 1.95. The van der Waals surface area contributed by atoms with Crippen LogP contribution >= 0.6 is 0 Å². The Morgan fingerprint density at radius 1 is 1.53 bits per heavy atom. The smallest absolute Gasteiger partial charge is 0.203 e. The van der Waals surface area contributed by atoms with E-state index < -0.39 is 6.10 Å². The molecule has 0 radical (unpaired) electrons. The molecule has 2 rings (SSSR count). The summed E-state index contributed by atoms with van der Waals surface area (Å²) in [6.45, 7) is 2.19. The first-order valence-corrected chi connectivity index (χ1v) is 4.78. The molecule has 1 aliphatic rings. The minimum absolute atomic E-state index is 0.0388. The Morgan fingerprint density at radius 2 is 2.13 bits per heavy atom. The van der Waals surface area contributed by atoms with Crippen molar-refractivity contribution in [1.82, 2.24) is 0 Å². The second-order valence-corrected chi connectivity index (χ2v) is 3.48. The summed E-state index contributed by atoms with van der Waals surface area (Å²) in [5.74, 6) is 0.698.